The number of aliphatic hydroxyl groups is 7. The first-order valence-electron chi connectivity index (χ1n) is 27.1. The molecule has 81 heavy (non-hydrogen) atoms. The van der Waals surface area contributed by atoms with Crippen molar-refractivity contribution in [3.8, 4) is 0 Å². The van der Waals surface area contributed by atoms with Gasteiger partial charge in [-0.15, -0.1) is 0 Å². The summed E-state index contributed by atoms with van der Waals surface area (Å²) in [6, 6.07) is 33.3. The molecule has 3 aliphatic heterocycles. The standard InChI is InChI=1S/C58H70Cl5N5O13/c59-37-16-6-1-11-31(37)23-64-28-44-49(71)51(73)47(67-26-34-14-4-9-19-40(34)62)56(77-44)81-55-46(30-70)79-58(53(55)75)76-43-22-36(65-24-32-12-2-7-17-38(32)60)21-42(66-25-33-13-3-8-18-39(33)61)54(43)80-57-48(52(74)50(72)45(29-69)78-57)68-27-35-15-5-10-20-41(35)63/h1-20,36,42-58,64-75H,21-30H2. The van der Waals surface area contributed by atoms with E-state index in [0.29, 0.717) is 55.8 Å². The van der Waals surface area contributed by atoms with E-state index in [1.807, 2.05) is 78.9 Å². The molecule has 0 radical (unpaired) electrons. The lowest BCUT2D eigenvalue weighted by Gasteiger charge is -2.48. The van der Waals surface area contributed by atoms with Gasteiger partial charge in [0, 0.05) is 76.5 Å². The van der Waals surface area contributed by atoms with Crippen LogP contribution in [0.3, 0.4) is 0 Å². The number of aliphatic hydroxyl groups excluding tert-OH is 7. The zero-order chi connectivity index (χ0) is 57.2. The Bertz CT molecular complexity index is 2780. The summed E-state index contributed by atoms with van der Waals surface area (Å²) in [5.41, 5.74) is 3.83. The van der Waals surface area contributed by atoms with Gasteiger partial charge < -0.3 is 90.8 Å². The van der Waals surface area contributed by atoms with Crippen molar-refractivity contribution in [2.45, 2.75) is 156 Å². The van der Waals surface area contributed by atoms with Gasteiger partial charge in [0.15, 0.2) is 18.9 Å². The smallest absolute Gasteiger partial charge is 0.187 e. The number of hydrogen-bond acceptors (Lipinski definition) is 18. The van der Waals surface area contributed by atoms with Crippen LogP contribution in [0, 0.1) is 0 Å². The summed E-state index contributed by atoms with van der Waals surface area (Å²) in [5.74, 6) is 0. The van der Waals surface area contributed by atoms with Crippen molar-refractivity contribution in [2.24, 2.45) is 0 Å². The largest absolute Gasteiger partial charge is 0.394 e. The minimum atomic E-state index is -1.62. The second-order valence-corrected chi connectivity index (χ2v) is 22.8. The topological polar surface area (TPSA) is 257 Å². The molecule has 0 amide bonds. The number of rotatable bonds is 24. The van der Waals surface area contributed by atoms with Crippen LogP contribution in [0.2, 0.25) is 25.1 Å². The van der Waals surface area contributed by atoms with Gasteiger partial charge in [0.05, 0.1) is 31.4 Å². The fourth-order valence-electron chi connectivity index (χ4n) is 10.9. The van der Waals surface area contributed by atoms with E-state index in [1.165, 1.54) is 0 Å². The molecule has 0 spiro atoms. The van der Waals surface area contributed by atoms with E-state index in [4.69, 9.17) is 86.4 Å². The van der Waals surface area contributed by atoms with Crippen molar-refractivity contribution in [2.75, 3.05) is 19.8 Å². The summed E-state index contributed by atoms with van der Waals surface area (Å²) in [6.07, 6.45) is -17.9. The predicted octanol–water partition coefficient (Wildman–Crippen LogP) is 4.59. The summed E-state index contributed by atoms with van der Waals surface area (Å²) < 4.78 is 39.7. The van der Waals surface area contributed by atoms with Crippen LogP contribution in [0.1, 0.15) is 40.7 Å². The molecule has 0 aromatic heterocycles. The molecule has 5 aromatic carbocycles. The van der Waals surface area contributed by atoms with E-state index in [-0.39, 0.29) is 38.6 Å². The number of halogens is 5. The quantitative estimate of drug-likeness (QED) is 0.0404. The lowest BCUT2D eigenvalue weighted by atomic mass is 9.85. The van der Waals surface area contributed by atoms with E-state index in [9.17, 15) is 35.7 Å². The third-order valence-corrected chi connectivity index (χ3v) is 17.2. The van der Waals surface area contributed by atoms with Crippen LogP contribution in [-0.4, -0.2) is 166 Å². The molecule has 9 rings (SSSR count). The highest BCUT2D eigenvalue weighted by Crippen LogP contribution is 2.37. The number of ether oxygens (including phenoxy) is 6. The van der Waals surface area contributed by atoms with Crippen LogP contribution in [0.25, 0.3) is 0 Å². The van der Waals surface area contributed by atoms with Crippen molar-refractivity contribution in [3.05, 3.63) is 174 Å². The molecular formula is C58H70Cl5N5O13. The van der Waals surface area contributed by atoms with Crippen molar-refractivity contribution in [3.63, 3.8) is 0 Å². The Labute approximate surface area is 495 Å². The Morgan fingerprint density at radius 2 is 0.802 bits per heavy atom. The summed E-state index contributed by atoms with van der Waals surface area (Å²) in [4.78, 5) is 0. The zero-order valence-electron chi connectivity index (χ0n) is 44.0. The van der Waals surface area contributed by atoms with E-state index in [1.54, 1.807) is 42.5 Å². The lowest BCUT2D eigenvalue weighted by Crippen LogP contribution is -2.66. The summed E-state index contributed by atoms with van der Waals surface area (Å²) in [5, 5.41) is 99.9. The summed E-state index contributed by atoms with van der Waals surface area (Å²) in [6.45, 7) is -0.0222. The molecular weight excluding hydrogens is 1150 g/mol. The molecule has 18 nitrogen and oxygen atoms in total. The van der Waals surface area contributed by atoms with Gasteiger partial charge >= 0.3 is 0 Å². The zero-order valence-corrected chi connectivity index (χ0v) is 47.8. The molecule has 12 N–H and O–H groups in total. The van der Waals surface area contributed by atoms with Gasteiger partial charge in [-0.3, -0.25) is 0 Å². The maximum Gasteiger partial charge on any atom is 0.187 e. The Kier molecular flexibility index (Phi) is 22.9. The fraction of sp³-hybridized carbons (Fsp3) is 0.483. The average Bonchev–Trinajstić information content (AvgIpc) is 3.84. The second-order valence-electron chi connectivity index (χ2n) is 20.8. The van der Waals surface area contributed by atoms with Gasteiger partial charge in [0.1, 0.15) is 61.0 Å². The number of nitrogens with one attached hydrogen (secondary N) is 5. The first-order chi connectivity index (χ1) is 39.2. The van der Waals surface area contributed by atoms with Gasteiger partial charge in [-0.2, -0.15) is 0 Å². The lowest BCUT2D eigenvalue weighted by molar-refractivity contribution is -0.307. The van der Waals surface area contributed by atoms with E-state index < -0.39 is 117 Å². The molecule has 0 bridgehead atoms. The molecule has 1 saturated carbocycles. The maximum absolute atomic E-state index is 12.4. The van der Waals surface area contributed by atoms with E-state index >= 15 is 0 Å². The minimum absolute atomic E-state index is 0.0516. The van der Waals surface area contributed by atoms with Crippen molar-refractivity contribution >= 4 is 58.0 Å². The first-order valence-corrected chi connectivity index (χ1v) is 29.0. The first kappa shape index (κ1) is 62.4. The highest BCUT2D eigenvalue weighted by atomic mass is 35.5. The monoisotopic (exact) mass is 1220 g/mol. The van der Waals surface area contributed by atoms with Gasteiger partial charge in [0.25, 0.3) is 0 Å². The van der Waals surface area contributed by atoms with Crippen molar-refractivity contribution < 1.29 is 64.2 Å². The number of benzene rings is 5. The van der Waals surface area contributed by atoms with Crippen LogP contribution < -0.4 is 26.6 Å². The van der Waals surface area contributed by atoms with Gasteiger partial charge in [-0.1, -0.05) is 149 Å². The van der Waals surface area contributed by atoms with Crippen molar-refractivity contribution in [1.29, 1.82) is 0 Å². The van der Waals surface area contributed by atoms with Gasteiger partial charge in [-0.25, -0.2) is 0 Å². The Morgan fingerprint density at radius 1 is 0.407 bits per heavy atom. The molecule has 4 fully saturated rings. The molecule has 5 aromatic rings. The predicted molar refractivity (Wildman–Crippen MR) is 306 cm³/mol. The molecule has 3 saturated heterocycles. The molecule has 3 heterocycles. The van der Waals surface area contributed by atoms with Crippen LogP contribution >= 0.6 is 58.0 Å². The maximum atomic E-state index is 12.4. The third-order valence-electron chi connectivity index (χ3n) is 15.4. The average molecular weight is 1220 g/mol. The highest BCUT2D eigenvalue weighted by molar-refractivity contribution is 6.32. The van der Waals surface area contributed by atoms with Crippen LogP contribution in [0.15, 0.2) is 121 Å². The Morgan fingerprint density at radius 3 is 1.27 bits per heavy atom. The van der Waals surface area contributed by atoms with Crippen LogP contribution in [0.5, 0.6) is 0 Å². The van der Waals surface area contributed by atoms with E-state index in [2.05, 4.69) is 26.6 Å². The van der Waals surface area contributed by atoms with Crippen molar-refractivity contribution in [1.82, 2.24) is 26.6 Å². The SMILES string of the molecule is OCC1OC(OC2C(NCc3ccccc3Cl)CC(NCc3ccccc3Cl)CC2OC2OC(CO)C(OC3OC(CNCc4ccccc4Cl)C(O)C(O)C3NCc3ccccc3Cl)C2O)C(NCc2ccccc2Cl)C(O)C1O. The van der Waals surface area contributed by atoms with Crippen LogP contribution in [0.4, 0.5) is 0 Å². The fourth-order valence-corrected chi connectivity index (χ4v) is 11.9. The molecule has 1 aliphatic carbocycles. The molecule has 18 atom stereocenters. The Balaban J connectivity index is 1.01. The van der Waals surface area contributed by atoms with Crippen LogP contribution in [-0.2, 0) is 61.1 Å². The molecule has 18 unspecified atom stereocenters. The molecule has 23 heteroatoms. The number of hydrogen-bond donors (Lipinski definition) is 12. The summed E-state index contributed by atoms with van der Waals surface area (Å²) >= 11 is 32.9. The van der Waals surface area contributed by atoms with Gasteiger partial charge in [0.2, 0.25) is 0 Å². The molecule has 440 valence electrons. The Hall–Kier alpha value is -3.17. The third kappa shape index (κ3) is 15.6. The summed E-state index contributed by atoms with van der Waals surface area (Å²) in [7, 11) is 0. The van der Waals surface area contributed by atoms with Gasteiger partial charge in [-0.05, 0) is 71.0 Å². The minimum Gasteiger partial charge on any atom is -0.394 e. The second kappa shape index (κ2) is 29.8. The van der Waals surface area contributed by atoms with E-state index in [0.717, 1.165) is 16.7 Å². The normalized spacial score (nSPS) is 32.5. The molecule has 4 aliphatic rings. The highest BCUT2D eigenvalue weighted by Gasteiger charge is 2.54.